The van der Waals surface area contributed by atoms with E-state index in [0.717, 1.165) is 11.3 Å². The second kappa shape index (κ2) is 11.0. The summed E-state index contributed by atoms with van der Waals surface area (Å²) in [6, 6.07) is 13.9. The van der Waals surface area contributed by atoms with E-state index in [0.29, 0.717) is 22.9 Å². The Bertz CT molecular complexity index is 1290. The number of furan rings is 1. The standard InChI is InChI=1S/C26H28N4O7/c1-17(2)29(26(32)27-20-6-8-21(9-7-20)30(33)34)15-25(31)28(14-22-10-4-18(3)37-22)13-19-5-11-23-24(12-19)36-16-35-23/h4-12,17H,13-16H2,1-3H3,(H,27,32). The predicted molar refractivity (Wildman–Crippen MR) is 134 cm³/mol. The molecule has 3 amide bonds. The largest absolute Gasteiger partial charge is 0.464 e. The van der Waals surface area contributed by atoms with Gasteiger partial charge in [0.15, 0.2) is 11.5 Å². The third kappa shape index (κ3) is 6.37. The molecule has 0 saturated carbocycles. The van der Waals surface area contributed by atoms with Gasteiger partial charge in [-0.2, -0.15) is 0 Å². The zero-order valence-corrected chi connectivity index (χ0v) is 20.8. The number of rotatable bonds is 9. The number of nitro benzene ring substituents is 1. The van der Waals surface area contributed by atoms with E-state index in [1.54, 1.807) is 24.8 Å². The number of urea groups is 1. The summed E-state index contributed by atoms with van der Waals surface area (Å²) in [6.45, 7) is 5.90. The van der Waals surface area contributed by atoms with Crippen LogP contribution in [0.4, 0.5) is 16.2 Å². The van der Waals surface area contributed by atoms with Crippen molar-refractivity contribution in [1.82, 2.24) is 9.80 Å². The molecule has 0 bridgehead atoms. The van der Waals surface area contributed by atoms with Gasteiger partial charge in [-0.05, 0) is 62.7 Å². The van der Waals surface area contributed by atoms with Crippen molar-refractivity contribution in [3.8, 4) is 11.5 Å². The van der Waals surface area contributed by atoms with Crippen LogP contribution in [-0.4, -0.2) is 46.0 Å². The van der Waals surface area contributed by atoms with Gasteiger partial charge in [-0.1, -0.05) is 6.07 Å². The zero-order valence-electron chi connectivity index (χ0n) is 20.8. The third-order valence-corrected chi connectivity index (χ3v) is 5.83. The lowest BCUT2D eigenvalue weighted by Crippen LogP contribution is -2.47. The van der Waals surface area contributed by atoms with Crippen LogP contribution in [-0.2, 0) is 17.9 Å². The summed E-state index contributed by atoms with van der Waals surface area (Å²) in [4.78, 5) is 39.9. The molecule has 0 fully saturated rings. The van der Waals surface area contributed by atoms with Crippen molar-refractivity contribution in [3.63, 3.8) is 0 Å². The molecule has 194 valence electrons. The molecule has 1 aromatic heterocycles. The number of non-ortho nitro benzene ring substituents is 1. The lowest BCUT2D eigenvalue weighted by atomic mass is 10.1. The van der Waals surface area contributed by atoms with E-state index in [1.807, 2.05) is 31.2 Å². The monoisotopic (exact) mass is 508 g/mol. The van der Waals surface area contributed by atoms with E-state index < -0.39 is 11.0 Å². The van der Waals surface area contributed by atoms with E-state index in [2.05, 4.69) is 5.32 Å². The number of aryl methyl sites for hydroxylation is 1. The Balaban J connectivity index is 1.49. The first kappa shape index (κ1) is 25.5. The number of anilines is 1. The van der Waals surface area contributed by atoms with Crippen LogP contribution in [0, 0.1) is 17.0 Å². The molecule has 3 aromatic rings. The number of amides is 3. The van der Waals surface area contributed by atoms with Crippen LogP contribution in [0.25, 0.3) is 0 Å². The summed E-state index contributed by atoms with van der Waals surface area (Å²) in [5.41, 5.74) is 1.14. The van der Waals surface area contributed by atoms with Gasteiger partial charge >= 0.3 is 6.03 Å². The van der Waals surface area contributed by atoms with E-state index in [1.165, 1.54) is 29.2 Å². The molecule has 0 atom stereocenters. The van der Waals surface area contributed by atoms with Crippen molar-refractivity contribution in [1.29, 1.82) is 0 Å². The van der Waals surface area contributed by atoms with E-state index >= 15 is 0 Å². The molecular formula is C26H28N4O7. The first-order valence-corrected chi connectivity index (χ1v) is 11.7. The van der Waals surface area contributed by atoms with Crippen LogP contribution in [0.2, 0.25) is 0 Å². The summed E-state index contributed by atoms with van der Waals surface area (Å²) in [6.07, 6.45) is 0. The van der Waals surface area contributed by atoms with Crippen LogP contribution in [0.3, 0.4) is 0 Å². The Morgan fingerprint density at radius 1 is 1.03 bits per heavy atom. The van der Waals surface area contributed by atoms with Crippen LogP contribution in [0.1, 0.15) is 30.9 Å². The summed E-state index contributed by atoms with van der Waals surface area (Å²) in [7, 11) is 0. The number of hydrogen-bond acceptors (Lipinski definition) is 7. The summed E-state index contributed by atoms with van der Waals surface area (Å²) in [5, 5.41) is 13.6. The number of ether oxygens (including phenoxy) is 2. The number of carbonyl (C=O) groups excluding carboxylic acids is 2. The fraction of sp³-hybridized carbons (Fsp3) is 0.308. The van der Waals surface area contributed by atoms with Crippen molar-refractivity contribution in [2.45, 2.75) is 39.9 Å². The van der Waals surface area contributed by atoms with Crippen LogP contribution in [0.5, 0.6) is 11.5 Å². The summed E-state index contributed by atoms with van der Waals surface area (Å²) in [5.74, 6) is 2.34. The highest BCUT2D eigenvalue weighted by molar-refractivity contribution is 5.92. The van der Waals surface area contributed by atoms with Crippen molar-refractivity contribution < 1.29 is 28.4 Å². The molecule has 2 aromatic carbocycles. The Morgan fingerprint density at radius 3 is 2.41 bits per heavy atom. The second-order valence-electron chi connectivity index (χ2n) is 8.91. The van der Waals surface area contributed by atoms with Crippen molar-refractivity contribution in [2.75, 3.05) is 18.7 Å². The Labute approximate surface area is 213 Å². The average molecular weight is 509 g/mol. The summed E-state index contributed by atoms with van der Waals surface area (Å²) >= 11 is 0. The molecule has 4 rings (SSSR count). The highest BCUT2D eigenvalue weighted by Gasteiger charge is 2.25. The predicted octanol–water partition coefficient (Wildman–Crippen LogP) is 4.70. The fourth-order valence-corrected chi connectivity index (χ4v) is 3.85. The van der Waals surface area contributed by atoms with Gasteiger partial charge in [-0.3, -0.25) is 14.9 Å². The fourth-order valence-electron chi connectivity index (χ4n) is 3.85. The average Bonchev–Trinajstić information content (AvgIpc) is 3.50. The lowest BCUT2D eigenvalue weighted by molar-refractivity contribution is -0.384. The number of benzene rings is 2. The lowest BCUT2D eigenvalue weighted by Gasteiger charge is -2.30. The highest BCUT2D eigenvalue weighted by Crippen LogP contribution is 2.33. The van der Waals surface area contributed by atoms with Gasteiger partial charge in [0.2, 0.25) is 12.7 Å². The Kier molecular flexibility index (Phi) is 7.61. The first-order valence-electron chi connectivity index (χ1n) is 11.7. The van der Waals surface area contributed by atoms with Gasteiger partial charge < -0.3 is 29.0 Å². The van der Waals surface area contributed by atoms with Crippen LogP contribution in [0.15, 0.2) is 59.0 Å². The number of hydrogen-bond donors (Lipinski definition) is 1. The molecule has 1 aliphatic rings. The van der Waals surface area contributed by atoms with Crippen molar-refractivity contribution >= 4 is 23.3 Å². The topological polar surface area (TPSA) is 127 Å². The molecule has 11 heteroatoms. The minimum absolute atomic E-state index is 0.0822. The van der Waals surface area contributed by atoms with Gasteiger partial charge in [0.25, 0.3) is 5.69 Å². The molecule has 0 aliphatic carbocycles. The first-order chi connectivity index (χ1) is 17.7. The summed E-state index contributed by atoms with van der Waals surface area (Å²) < 4.78 is 16.5. The minimum atomic E-state index is -0.514. The molecule has 0 unspecified atom stereocenters. The molecule has 1 aliphatic heterocycles. The van der Waals surface area contributed by atoms with Gasteiger partial charge in [0.05, 0.1) is 11.5 Å². The van der Waals surface area contributed by atoms with Crippen molar-refractivity contribution in [2.24, 2.45) is 0 Å². The molecule has 1 N–H and O–H groups in total. The Morgan fingerprint density at radius 2 is 1.76 bits per heavy atom. The number of fused-ring (bicyclic) bond motifs is 1. The van der Waals surface area contributed by atoms with Crippen LogP contribution >= 0.6 is 0 Å². The van der Waals surface area contributed by atoms with E-state index in [-0.39, 0.29) is 44.1 Å². The van der Waals surface area contributed by atoms with E-state index in [9.17, 15) is 19.7 Å². The quantitative estimate of drug-likeness (QED) is 0.328. The minimum Gasteiger partial charge on any atom is -0.464 e. The molecule has 37 heavy (non-hydrogen) atoms. The highest BCUT2D eigenvalue weighted by atomic mass is 16.7. The molecular weight excluding hydrogens is 480 g/mol. The Hall–Kier alpha value is -4.54. The van der Waals surface area contributed by atoms with Crippen molar-refractivity contribution in [3.05, 3.63) is 81.8 Å². The van der Waals surface area contributed by atoms with E-state index in [4.69, 9.17) is 13.9 Å². The molecule has 2 heterocycles. The van der Waals surface area contributed by atoms with Gasteiger partial charge in [-0.25, -0.2) is 4.79 Å². The molecule has 11 nitrogen and oxygen atoms in total. The maximum Gasteiger partial charge on any atom is 0.322 e. The number of carbonyl (C=O) groups is 2. The molecule has 0 spiro atoms. The van der Waals surface area contributed by atoms with Gasteiger partial charge in [0.1, 0.15) is 18.1 Å². The smallest absolute Gasteiger partial charge is 0.322 e. The number of nitrogens with one attached hydrogen (secondary N) is 1. The van der Waals surface area contributed by atoms with Crippen LogP contribution < -0.4 is 14.8 Å². The normalized spacial score (nSPS) is 11.9. The SMILES string of the molecule is Cc1ccc(CN(Cc2ccc3c(c2)OCO3)C(=O)CN(C(=O)Nc2ccc([N+](=O)[O-])cc2)C(C)C)o1. The van der Waals surface area contributed by atoms with Gasteiger partial charge in [-0.15, -0.1) is 0 Å². The van der Waals surface area contributed by atoms with Gasteiger partial charge in [0, 0.05) is 30.4 Å². The number of nitro groups is 1. The maximum atomic E-state index is 13.5. The second-order valence-corrected chi connectivity index (χ2v) is 8.91. The zero-order chi connectivity index (χ0) is 26.5. The number of nitrogens with zero attached hydrogens (tertiary/aromatic N) is 3. The third-order valence-electron chi connectivity index (χ3n) is 5.83. The maximum absolute atomic E-state index is 13.5. The molecule has 0 radical (unpaired) electrons. The molecule has 0 saturated heterocycles.